The first kappa shape index (κ1) is 12.8. The van der Waals surface area contributed by atoms with Crippen molar-refractivity contribution in [3.8, 4) is 0 Å². The zero-order chi connectivity index (χ0) is 12.4. The first-order chi connectivity index (χ1) is 8.06. The average molecular weight is 331 g/mol. The van der Waals surface area contributed by atoms with Crippen molar-refractivity contribution in [1.82, 2.24) is 15.0 Å². The molecule has 0 saturated heterocycles. The van der Waals surface area contributed by atoms with Crippen molar-refractivity contribution >= 4 is 39.3 Å². The van der Waals surface area contributed by atoms with Crippen molar-refractivity contribution in [3.63, 3.8) is 0 Å². The van der Waals surface area contributed by atoms with Crippen molar-refractivity contribution in [2.45, 2.75) is 23.9 Å². The molecule has 0 aliphatic rings. The van der Waals surface area contributed by atoms with Crippen LogP contribution in [0, 0.1) is 13.8 Å². The topological polar surface area (TPSA) is 38.7 Å². The Hall–Kier alpha value is -0.650. The van der Waals surface area contributed by atoms with Gasteiger partial charge in [0.05, 0.1) is 4.47 Å². The molecule has 2 aromatic rings. The van der Waals surface area contributed by atoms with Crippen LogP contribution in [-0.2, 0) is 0 Å². The third-order valence-corrected chi connectivity index (χ3v) is 4.44. The lowest BCUT2D eigenvalue weighted by Gasteiger charge is -2.05. The van der Waals surface area contributed by atoms with Gasteiger partial charge < -0.3 is 0 Å². The summed E-state index contributed by atoms with van der Waals surface area (Å²) in [5, 5.41) is 2.08. The number of halogens is 2. The van der Waals surface area contributed by atoms with E-state index in [-0.39, 0.29) is 0 Å². The van der Waals surface area contributed by atoms with E-state index in [0.29, 0.717) is 9.63 Å². The third-order valence-electron chi connectivity index (χ3n) is 1.99. The fourth-order valence-corrected chi connectivity index (χ4v) is 2.92. The van der Waals surface area contributed by atoms with Crippen LogP contribution in [0.2, 0.25) is 5.15 Å². The summed E-state index contributed by atoms with van der Waals surface area (Å²) in [4.78, 5) is 12.5. The largest absolute Gasteiger partial charge is 0.246 e. The lowest BCUT2D eigenvalue weighted by atomic mass is 10.3. The lowest BCUT2D eigenvalue weighted by Crippen LogP contribution is -1.90. The number of rotatable bonds is 2. The summed E-state index contributed by atoms with van der Waals surface area (Å²) >= 11 is 10.7. The molecule has 2 aromatic heterocycles. The molecule has 0 N–H and O–H groups in total. The molecule has 3 nitrogen and oxygen atoms in total. The highest BCUT2D eigenvalue weighted by atomic mass is 79.9. The molecular formula is C11H9BrClN3S. The highest BCUT2D eigenvalue weighted by molar-refractivity contribution is 9.10. The number of pyridine rings is 1. The van der Waals surface area contributed by atoms with Crippen LogP contribution < -0.4 is 0 Å². The lowest BCUT2D eigenvalue weighted by molar-refractivity contribution is 1.00. The molecule has 88 valence electrons. The Morgan fingerprint density at radius 3 is 2.71 bits per heavy atom. The summed E-state index contributed by atoms with van der Waals surface area (Å²) in [6, 6.07) is 4.05. The Bertz CT molecular complexity index is 542. The summed E-state index contributed by atoms with van der Waals surface area (Å²) in [7, 11) is 0. The quantitative estimate of drug-likeness (QED) is 0.779. The Balaban J connectivity index is 2.34. The second kappa shape index (κ2) is 5.33. The summed E-state index contributed by atoms with van der Waals surface area (Å²) in [5.41, 5.74) is 2.17. The highest BCUT2D eigenvalue weighted by Gasteiger charge is 2.09. The minimum absolute atomic E-state index is 0.409. The monoisotopic (exact) mass is 329 g/mol. The van der Waals surface area contributed by atoms with Gasteiger partial charge in [0.1, 0.15) is 21.5 Å². The van der Waals surface area contributed by atoms with Gasteiger partial charge in [-0.25, -0.2) is 15.0 Å². The molecule has 0 aliphatic carbocycles. The molecule has 0 spiro atoms. The Kier molecular flexibility index (Phi) is 4.01. The van der Waals surface area contributed by atoms with E-state index in [1.54, 1.807) is 0 Å². The zero-order valence-electron chi connectivity index (χ0n) is 9.24. The molecule has 2 rings (SSSR count). The van der Waals surface area contributed by atoms with Gasteiger partial charge >= 0.3 is 0 Å². The van der Waals surface area contributed by atoms with Gasteiger partial charge in [0.2, 0.25) is 0 Å². The number of nitrogens with zero attached hydrogens (tertiary/aromatic N) is 3. The third kappa shape index (κ3) is 3.18. The van der Waals surface area contributed by atoms with Crippen LogP contribution in [0.1, 0.15) is 11.3 Å². The molecule has 0 unspecified atom stereocenters. The summed E-state index contributed by atoms with van der Waals surface area (Å²) in [5.74, 6) is 0. The van der Waals surface area contributed by atoms with Crippen molar-refractivity contribution < 1.29 is 0 Å². The van der Waals surface area contributed by atoms with Gasteiger partial charge in [-0.1, -0.05) is 11.6 Å². The first-order valence-electron chi connectivity index (χ1n) is 4.85. The van der Waals surface area contributed by atoms with Crippen molar-refractivity contribution in [2.75, 3.05) is 0 Å². The Morgan fingerprint density at radius 2 is 2.00 bits per heavy atom. The van der Waals surface area contributed by atoms with Crippen LogP contribution in [0.3, 0.4) is 0 Å². The van der Waals surface area contributed by atoms with E-state index in [9.17, 15) is 0 Å². The van der Waals surface area contributed by atoms with Crippen molar-refractivity contribution in [3.05, 3.63) is 39.3 Å². The molecular weight excluding hydrogens is 322 g/mol. The predicted octanol–water partition coefficient (Wildman–Crippen LogP) is 4.06. The highest BCUT2D eigenvalue weighted by Crippen LogP contribution is 2.33. The van der Waals surface area contributed by atoms with E-state index in [1.807, 2.05) is 26.0 Å². The van der Waals surface area contributed by atoms with Gasteiger partial charge in [0.25, 0.3) is 0 Å². The first-order valence-corrected chi connectivity index (χ1v) is 6.84. The summed E-state index contributed by atoms with van der Waals surface area (Å²) < 4.78 is 0.702. The molecule has 17 heavy (non-hydrogen) atoms. The average Bonchev–Trinajstić information content (AvgIpc) is 2.23. The van der Waals surface area contributed by atoms with Crippen LogP contribution in [0.15, 0.2) is 33.0 Å². The van der Waals surface area contributed by atoms with Crippen molar-refractivity contribution in [2.24, 2.45) is 0 Å². The SMILES string of the molecule is Cc1cc(C)nc(Sc2ncnc(Cl)c2Br)c1. The molecule has 6 heteroatoms. The maximum Gasteiger partial charge on any atom is 0.147 e. The molecule has 0 aliphatic heterocycles. The number of hydrogen-bond donors (Lipinski definition) is 0. The van der Waals surface area contributed by atoms with Gasteiger partial charge in [0.15, 0.2) is 0 Å². The van der Waals surface area contributed by atoms with Crippen molar-refractivity contribution in [1.29, 1.82) is 0 Å². The van der Waals surface area contributed by atoms with Crippen LogP contribution in [-0.4, -0.2) is 15.0 Å². The number of aromatic nitrogens is 3. The molecule has 0 fully saturated rings. The minimum atomic E-state index is 0.409. The molecule has 0 bridgehead atoms. The summed E-state index contributed by atoms with van der Waals surface area (Å²) in [6.45, 7) is 4.01. The molecule has 0 saturated carbocycles. The summed E-state index contributed by atoms with van der Waals surface area (Å²) in [6.07, 6.45) is 1.44. The van der Waals surface area contributed by atoms with Crippen LogP contribution >= 0.6 is 39.3 Å². The van der Waals surface area contributed by atoms with Gasteiger partial charge in [0, 0.05) is 5.69 Å². The Morgan fingerprint density at radius 1 is 1.24 bits per heavy atom. The van der Waals surface area contributed by atoms with Crippen LogP contribution in [0.4, 0.5) is 0 Å². The number of hydrogen-bond acceptors (Lipinski definition) is 4. The van der Waals surface area contributed by atoms with E-state index >= 15 is 0 Å². The minimum Gasteiger partial charge on any atom is -0.246 e. The molecule has 0 aromatic carbocycles. The number of aryl methyl sites for hydroxylation is 2. The van der Waals surface area contributed by atoms with Gasteiger partial charge in [-0.3, -0.25) is 0 Å². The second-order valence-corrected chi connectivity index (χ2v) is 5.67. The molecule has 2 heterocycles. The Labute approximate surface area is 117 Å². The maximum absolute atomic E-state index is 5.91. The van der Waals surface area contributed by atoms with Gasteiger partial charge in [-0.05, 0) is 59.2 Å². The smallest absolute Gasteiger partial charge is 0.147 e. The van der Waals surface area contributed by atoms with E-state index in [2.05, 4.69) is 30.9 Å². The van der Waals surface area contributed by atoms with E-state index in [0.717, 1.165) is 15.7 Å². The second-order valence-electron chi connectivity index (χ2n) is 3.51. The van der Waals surface area contributed by atoms with Gasteiger partial charge in [-0.2, -0.15) is 0 Å². The van der Waals surface area contributed by atoms with Crippen LogP contribution in [0.25, 0.3) is 0 Å². The standard InChI is InChI=1S/C11H9BrClN3S/c1-6-3-7(2)16-8(4-6)17-11-9(12)10(13)14-5-15-11/h3-5H,1-2H3. The zero-order valence-corrected chi connectivity index (χ0v) is 12.4. The van der Waals surface area contributed by atoms with E-state index in [1.165, 1.54) is 23.7 Å². The molecule has 0 atom stereocenters. The van der Waals surface area contributed by atoms with Gasteiger partial charge in [-0.15, -0.1) is 0 Å². The van der Waals surface area contributed by atoms with E-state index in [4.69, 9.17) is 11.6 Å². The fourth-order valence-electron chi connectivity index (χ4n) is 1.36. The molecule has 0 radical (unpaired) electrons. The fraction of sp³-hybridized carbons (Fsp3) is 0.182. The molecule has 0 amide bonds. The predicted molar refractivity (Wildman–Crippen MR) is 72.6 cm³/mol. The van der Waals surface area contributed by atoms with Crippen LogP contribution in [0.5, 0.6) is 0 Å². The normalized spacial score (nSPS) is 10.6. The maximum atomic E-state index is 5.91. The van der Waals surface area contributed by atoms with E-state index < -0.39 is 0 Å².